The van der Waals surface area contributed by atoms with E-state index in [1.807, 2.05) is 0 Å². The van der Waals surface area contributed by atoms with E-state index in [-0.39, 0.29) is 122 Å². The van der Waals surface area contributed by atoms with E-state index >= 15 is 0 Å². The first kappa shape index (κ1) is 53.4. The molecule has 0 spiro atoms. The average Bonchev–Trinajstić information content (AvgIpc) is 2.64. The van der Waals surface area contributed by atoms with Gasteiger partial charge in [0.15, 0.2) is 16.8 Å². The Kier molecular flexibility index (Phi) is 30.8. The standard InChI is InChI=1S/3C6H8O7.3Ca.6H/c3*7-3(8)1-6(13,5(11)12)2-4(9)10;;;;;;;;;/h3*13H,1-2H2,(H,7,8)(H,9,10)(H,11,12);;;;;;;;;/q;;;3*+2;6*-1. The van der Waals surface area contributed by atoms with E-state index in [0.717, 1.165) is 0 Å². The molecular formula is C18H30Ca3O21. The SMILES string of the molecule is O=C(O)CC(O)(CC(=O)O)C(=O)O.O=C(O)CC(O)(CC(=O)O)C(=O)O.O=C(O)CC(O)(CC(=O)O)C(=O)O.[Ca+2].[Ca+2].[Ca+2].[H-].[H-].[H-].[H-].[H-].[H-]. The third-order valence-electron chi connectivity index (χ3n) is 3.86. The molecule has 0 saturated heterocycles. The van der Waals surface area contributed by atoms with Crippen LogP contribution in [0.25, 0.3) is 0 Å². The van der Waals surface area contributed by atoms with Crippen molar-refractivity contribution in [2.24, 2.45) is 0 Å². The maximum absolute atomic E-state index is 10.3. The van der Waals surface area contributed by atoms with Crippen LogP contribution in [0, 0.1) is 0 Å². The summed E-state index contributed by atoms with van der Waals surface area (Å²) in [5.74, 6) is -15.1. The zero-order valence-corrected chi connectivity index (χ0v) is 28.0. The molecule has 234 valence electrons. The van der Waals surface area contributed by atoms with Crippen molar-refractivity contribution in [2.75, 3.05) is 0 Å². The first-order valence-corrected chi connectivity index (χ1v) is 9.51. The summed E-state index contributed by atoms with van der Waals surface area (Å²) in [5.41, 5.74) is -8.22. The number of carboxylic acids is 9. The zero-order chi connectivity index (χ0) is 31.9. The Morgan fingerprint density at radius 3 is 0.476 bits per heavy atom. The molecule has 0 aliphatic heterocycles. The minimum atomic E-state index is -2.74. The molecule has 0 radical (unpaired) electrons. The Morgan fingerprint density at radius 1 is 0.333 bits per heavy atom. The number of carboxylic acid groups (broad SMARTS) is 9. The first-order chi connectivity index (χ1) is 17.3. The average molecular weight is 703 g/mol. The fraction of sp³-hybridized carbons (Fsp3) is 0.500. The molecule has 0 aromatic rings. The molecule has 0 amide bonds. The zero-order valence-electron chi connectivity index (χ0n) is 27.4. The maximum atomic E-state index is 10.3. The summed E-state index contributed by atoms with van der Waals surface area (Å²) >= 11 is 0. The predicted octanol–water partition coefficient (Wildman–Crippen LogP) is -4.21. The van der Waals surface area contributed by atoms with Crippen LogP contribution in [0.4, 0.5) is 0 Å². The van der Waals surface area contributed by atoms with Gasteiger partial charge < -0.3 is 69.8 Å². The van der Waals surface area contributed by atoms with Crippen molar-refractivity contribution in [3.8, 4) is 0 Å². The molecule has 0 rings (SSSR count). The molecule has 21 nitrogen and oxygen atoms in total. The molecule has 0 aromatic carbocycles. The summed E-state index contributed by atoms with van der Waals surface area (Å²) in [5, 5.41) is 101. The number of hydrogen-bond donors (Lipinski definition) is 12. The van der Waals surface area contributed by atoms with Crippen LogP contribution in [0.3, 0.4) is 0 Å². The van der Waals surface area contributed by atoms with Crippen molar-refractivity contribution in [2.45, 2.75) is 55.3 Å². The van der Waals surface area contributed by atoms with Gasteiger partial charge in [-0.15, -0.1) is 0 Å². The van der Waals surface area contributed by atoms with Gasteiger partial charge in [-0.3, -0.25) is 28.8 Å². The minimum Gasteiger partial charge on any atom is -1.00 e. The minimum absolute atomic E-state index is 0. The normalized spacial score (nSPS) is 10.1. The first-order valence-electron chi connectivity index (χ1n) is 9.51. The Balaban J connectivity index is -0.0000000370. The third kappa shape index (κ3) is 25.4. The molecule has 0 atom stereocenters. The Labute approximate surface area is 331 Å². The summed E-state index contributed by atoms with van der Waals surface area (Å²) in [6, 6.07) is 0. The van der Waals surface area contributed by atoms with Crippen molar-refractivity contribution < 1.29 is 113 Å². The molecule has 0 bridgehead atoms. The summed E-state index contributed by atoms with van der Waals surface area (Å²) in [4.78, 5) is 91.5. The second kappa shape index (κ2) is 24.2. The molecular weight excluding hydrogens is 672 g/mol. The van der Waals surface area contributed by atoms with Gasteiger partial charge in [0.05, 0.1) is 38.5 Å². The smallest absolute Gasteiger partial charge is 1.00 e. The fourth-order valence-corrected chi connectivity index (χ4v) is 2.14. The number of carbonyl (C=O) groups is 9. The molecule has 0 aromatic heterocycles. The topological polar surface area (TPSA) is 396 Å². The van der Waals surface area contributed by atoms with Crippen LogP contribution < -0.4 is 0 Å². The van der Waals surface area contributed by atoms with Gasteiger partial charge in [0.1, 0.15) is 0 Å². The number of aliphatic hydroxyl groups is 3. The van der Waals surface area contributed by atoms with Crippen molar-refractivity contribution >= 4 is 167 Å². The second-order valence-corrected chi connectivity index (χ2v) is 7.43. The van der Waals surface area contributed by atoms with E-state index < -0.39 is 109 Å². The Morgan fingerprint density at radius 2 is 0.429 bits per heavy atom. The van der Waals surface area contributed by atoms with Gasteiger partial charge in [-0.05, 0) is 0 Å². The van der Waals surface area contributed by atoms with Crippen molar-refractivity contribution in [1.29, 1.82) is 0 Å². The summed E-state index contributed by atoms with van der Waals surface area (Å²) < 4.78 is 0. The molecule has 24 heteroatoms. The van der Waals surface area contributed by atoms with Crippen molar-refractivity contribution in [1.82, 2.24) is 0 Å². The van der Waals surface area contributed by atoms with Gasteiger partial charge in [0, 0.05) is 0 Å². The van der Waals surface area contributed by atoms with E-state index in [1.165, 1.54) is 0 Å². The van der Waals surface area contributed by atoms with E-state index in [1.54, 1.807) is 0 Å². The monoisotopic (exact) mass is 702 g/mol. The van der Waals surface area contributed by atoms with Gasteiger partial charge in [0.2, 0.25) is 0 Å². The van der Waals surface area contributed by atoms with Crippen molar-refractivity contribution in [3.05, 3.63) is 0 Å². The molecule has 0 saturated carbocycles. The van der Waals surface area contributed by atoms with Crippen LogP contribution >= 0.6 is 0 Å². The van der Waals surface area contributed by atoms with E-state index in [4.69, 9.17) is 61.3 Å². The fourth-order valence-electron chi connectivity index (χ4n) is 2.14. The molecule has 0 fully saturated rings. The molecule has 0 unspecified atom stereocenters. The molecule has 12 N–H and O–H groups in total. The summed E-state index contributed by atoms with van der Waals surface area (Å²) in [6.07, 6.45) is -6.87. The van der Waals surface area contributed by atoms with Gasteiger partial charge in [0.25, 0.3) is 0 Å². The van der Waals surface area contributed by atoms with Gasteiger partial charge in [-0.2, -0.15) is 0 Å². The van der Waals surface area contributed by atoms with Crippen LogP contribution in [-0.4, -0.2) is 245 Å². The van der Waals surface area contributed by atoms with E-state index in [9.17, 15) is 43.2 Å². The molecule has 0 heterocycles. The van der Waals surface area contributed by atoms with Crippen LogP contribution in [0.1, 0.15) is 47.1 Å². The summed E-state index contributed by atoms with van der Waals surface area (Å²) in [6.45, 7) is 0. The van der Waals surface area contributed by atoms with E-state index in [2.05, 4.69) is 0 Å². The van der Waals surface area contributed by atoms with Gasteiger partial charge >= 0.3 is 167 Å². The number of hydrogen-bond acceptors (Lipinski definition) is 12. The quantitative estimate of drug-likeness (QED) is 0.0719. The third-order valence-corrected chi connectivity index (χ3v) is 3.86. The second-order valence-electron chi connectivity index (χ2n) is 7.43. The summed E-state index contributed by atoms with van der Waals surface area (Å²) in [7, 11) is 0. The van der Waals surface area contributed by atoms with Crippen molar-refractivity contribution in [3.63, 3.8) is 0 Å². The Hall–Kier alpha value is -1.11. The van der Waals surface area contributed by atoms with Gasteiger partial charge in [-0.1, -0.05) is 0 Å². The molecule has 0 aliphatic carbocycles. The van der Waals surface area contributed by atoms with Crippen LogP contribution in [-0.2, 0) is 43.2 Å². The predicted molar refractivity (Wildman–Crippen MR) is 135 cm³/mol. The largest absolute Gasteiger partial charge is 2.00 e. The maximum Gasteiger partial charge on any atom is 2.00 e. The number of aliphatic carboxylic acids is 9. The van der Waals surface area contributed by atoms with E-state index in [0.29, 0.717) is 0 Å². The van der Waals surface area contributed by atoms with Crippen LogP contribution in [0.5, 0.6) is 0 Å². The van der Waals surface area contributed by atoms with Gasteiger partial charge in [-0.25, -0.2) is 14.4 Å². The van der Waals surface area contributed by atoms with Crippen LogP contribution in [0.2, 0.25) is 0 Å². The molecule has 0 aliphatic rings. The van der Waals surface area contributed by atoms with Crippen LogP contribution in [0.15, 0.2) is 0 Å². The number of rotatable bonds is 15. The molecule has 42 heavy (non-hydrogen) atoms. The Bertz CT molecular complexity index is 847.